The summed E-state index contributed by atoms with van der Waals surface area (Å²) in [5.41, 5.74) is 0. The molecule has 0 heterocycles. The largest absolute Gasteiger partial charge is 3.00 e. The topological polar surface area (TPSA) is 277 Å². The van der Waals surface area contributed by atoms with Crippen molar-refractivity contribution in [1.29, 1.82) is 0 Å². The van der Waals surface area contributed by atoms with E-state index in [9.17, 15) is 0 Å². The van der Waals surface area contributed by atoms with E-state index in [0.29, 0.717) is 0 Å². The molecule has 0 radical (unpaired) electrons. The summed E-state index contributed by atoms with van der Waals surface area (Å²) >= 11 is 0. The van der Waals surface area contributed by atoms with Crippen molar-refractivity contribution < 1.29 is 118 Å². The van der Waals surface area contributed by atoms with E-state index in [1.165, 1.54) is 0 Å². The predicted octanol–water partition coefficient (Wildman–Crippen LogP) is -17.6. The smallest absolute Gasteiger partial charge is 0.357 e. The maximum atomic E-state index is 8.41. The molecule has 0 saturated carbocycles. The molecule has 0 spiro atoms. The molecule has 0 aromatic carbocycles. The van der Waals surface area contributed by atoms with E-state index >= 15 is 0 Å². The fourth-order valence-electron chi connectivity index (χ4n) is 0. The van der Waals surface area contributed by atoms with Crippen LogP contribution in [0.5, 0.6) is 0 Å². The molecule has 18 heteroatoms. The van der Waals surface area contributed by atoms with Crippen LogP contribution in [0.3, 0.4) is 0 Å². The average Bonchev–Trinajstić information content (AvgIpc) is 1.76. The molecule has 0 aliphatic carbocycles. The van der Waals surface area contributed by atoms with Crippen LogP contribution in [0.4, 0.5) is 0 Å². The third kappa shape index (κ3) is 1540. The minimum Gasteiger partial charge on any atom is -0.357 e. The zero-order valence-corrected chi connectivity index (χ0v) is 12.2. The number of halogens is 4. The van der Waals surface area contributed by atoms with E-state index in [4.69, 9.17) is 55.9 Å². The quantitative estimate of drug-likeness (QED) is 0.360. The number of hydrogen-bond donors (Lipinski definition) is 0. The molecule has 0 aliphatic rings. The fraction of sp³-hybridized carbons (Fsp3) is 0. The van der Waals surface area contributed by atoms with Gasteiger partial charge in [0.25, 0.3) is 0 Å². The number of hydrogen-bond acceptors (Lipinski definition) is 12. The number of rotatable bonds is 0. The molecule has 0 fully saturated rings. The van der Waals surface area contributed by atoms with Gasteiger partial charge in [0.1, 0.15) is 0 Å². The van der Waals surface area contributed by atoms with Gasteiger partial charge in [-0.15, -0.1) is 0 Å². The van der Waals surface area contributed by atoms with Crippen molar-refractivity contribution in [3.05, 3.63) is 0 Å². The Morgan fingerprint density at radius 3 is 0.333 bits per heavy atom. The van der Waals surface area contributed by atoms with Gasteiger partial charge < -0.3 is 55.9 Å². The molecule has 0 bridgehead atoms. The predicted molar refractivity (Wildman–Crippen MR) is 5.75 cm³/mol. The first-order valence-electron chi connectivity index (χ1n) is 1.85. The summed E-state index contributed by atoms with van der Waals surface area (Å²) in [6, 6.07) is 0. The molecule has 0 N–H and O–H groups in total. The maximum absolute atomic E-state index is 8.41. The molecule has 0 aromatic heterocycles. The Kier molecular flexibility index (Phi) is 63.9. The molecule has 12 nitrogen and oxygen atoms in total. The van der Waals surface area contributed by atoms with E-state index in [0.717, 1.165) is 0 Å². The van der Waals surface area contributed by atoms with Crippen molar-refractivity contribution in [2.75, 3.05) is 0 Å². The van der Waals surface area contributed by atoms with Crippen LogP contribution in [0.25, 0.3) is 0 Å². The SMILES string of the molecule is [Al+3].[Li+].[O-][Cl+2]([O-])[O-].[O-][Cl+2]([O-])[O-].[O-][Cl+2]([O-])[O-].[O-][Cl+2]([O-])[O-]. The molecular weight excluding hydrogens is 368 g/mol. The van der Waals surface area contributed by atoms with Gasteiger partial charge in [-0.2, -0.15) is 0 Å². The summed E-state index contributed by atoms with van der Waals surface area (Å²) in [6.45, 7) is 0. The van der Waals surface area contributed by atoms with Crippen molar-refractivity contribution in [3.8, 4) is 0 Å². The van der Waals surface area contributed by atoms with Crippen LogP contribution in [0.15, 0.2) is 0 Å². The Balaban J connectivity index is -0.0000000257. The van der Waals surface area contributed by atoms with E-state index in [2.05, 4.69) is 0 Å². The van der Waals surface area contributed by atoms with Gasteiger partial charge in [-0.3, -0.25) is 0 Å². The van der Waals surface area contributed by atoms with Crippen LogP contribution in [-0.2, 0) is 0 Å². The molecule has 0 saturated heterocycles. The van der Waals surface area contributed by atoms with Crippen LogP contribution in [-0.4, -0.2) is 17.4 Å². The Labute approximate surface area is 135 Å². The fourth-order valence-corrected chi connectivity index (χ4v) is 0. The Hall–Kier alpha value is 1.81. The first-order chi connectivity index (χ1) is 6.93. The zero-order chi connectivity index (χ0) is 14.3. The summed E-state index contributed by atoms with van der Waals surface area (Å²) in [5.74, 6) is 0. The van der Waals surface area contributed by atoms with Crippen molar-refractivity contribution in [3.63, 3.8) is 0 Å². The van der Waals surface area contributed by atoms with E-state index in [1.807, 2.05) is 0 Å². The second-order valence-corrected chi connectivity index (χ2v) is 2.27. The minimum absolute atomic E-state index is 0. The molecule has 0 amide bonds. The van der Waals surface area contributed by atoms with Crippen LogP contribution in [0.2, 0.25) is 0 Å². The molecule has 0 aromatic rings. The molecule has 18 heavy (non-hydrogen) atoms. The summed E-state index contributed by atoms with van der Waals surface area (Å²) < 4.78 is 101. The molecule has 0 unspecified atom stereocenters. The Bertz CT molecular complexity index is 67.1. The van der Waals surface area contributed by atoms with Gasteiger partial charge in [-0.05, 0) is 0 Å². The summed E-state index contributed by atoms with van der Waals surface area (Å²) in [7, 11) is -11.4. The monoisotopic (exact) mass is 366 g/mol. The maximum Gasteiger partial charge on any atom is 3.00 e. The van der Waals surface area contributed by atoms with Gasteiger partial charge >= 0.3 is 36.2 Å². The van der Waals surface area contributed by atoms with Crippen LogP contribution in [0.1, 0.15) is 0 Å². The molecule has 0 aliphatic heterocycles. The van der Waals surface area contributed by atoms with Crippen molar-refractivity contribution in [1.82, 2.24) is 0 Å². The molecule has 0 rings (SSSR count). The Morgan fingerprint density at radius 1 is 0.333 bits per heavy atom. The Morgan fingerprint density at radius 2 is 0.333 bits per heavy atom. The zero-order valence-electron chi connectivity index (χ0n) is 7.99. The van der Waals surface area contributed by atoms with Crippen LogP contribution >= 0.6 is 0 Å². The molecular formula is AlCl4LiO12. The third-order valence-electron chi connectivity index (χ3n) is 0. The third-order valence-corrected chi connectivity index (χ3v) is 0. The molecule has 0 atom stereocenters. The van der Waals surface area contributed by atoms with Crippen LogP contribution in [0, 0.1) is 43.1 Å². The van der Waals surface area contributed by atoms with E-state index in [1.54, 1.807) is 0 Å². The normalized spacial score (nSPS) is 8.00. The first-order valence-corrected chi connectivity index (χ1v) is 5.55. The van der Waals surface area contributed by atoms with Crippen LogP contribution < -0.4 is 74.8 Å². The second kappa shape index (κ2) is 31.3. The summed E-state index contributed by atoms with van der Waals surface area (Å²) in [6.07, 6.45) is 0. The van der Waals surface area contributed by atoms with Gasteiger partial charge in [-0.25, -0.2) is 0 Å². The van der Waals surface area contributed by atoms with Gasteiger partial charge in [0.15, 0.2) is 0 Å². The van der Waals surface area contributed by atoms with Gasteiger partial charge in [0.05, 0.1) is 43.1 Å². The standard InChI is InChI=1S/Al.4ClO3.Li/c;4*2-1(3)4;/q+3;4*-1;+1. The minimum atomic E-state index is -2.85. The second-order valence-electron chi connectivity index (χ2n) is 0.756. The van der Waals surface area contributed by atoms with Gasteiger partial charge in [0.2, 0.25) is 0 Å². The summed E-state index contributed by atoms with van der Waals surface area (Å²) in [4.78, 5) is 0. The first kappa shape index (κ1) is 36.8. The summed E-state index contributed by atoms with van der Waals surface area (Å²) in [5, 5.41) is 0. The van der Waals surface area contributed by atoms with Gasteiger partial charge in [0, 0.05) is 0 Å². The van der Waals surface area contributed by atoms with Gasteiger partial charge in [-0.1, -0.05) is 0 Å². The van der Waals surface area contributed by atoms with E-state index < -0.39 is 43.1 Å². The van der Waals surface area contributed by atoms with Crippen molar-refractivity contribution in [2.45, 2.75) is 0 Å². The van der Waals surface area contributed by atoms with E-state index in [-0.39, 0.29) is 36.2 Å². The van der Waals surface area contributed by atoms with Crippen molar-refractivity contribution >= 4 is 17.4 Å². The molecule has 104 valence electrons. The average molecular weight is 368 g/mol. The van der Waals surface area contributed by atoms with Crippen molar-refractivity contribution in [2.24, 2.45) is 0 Å².